The molecule has 108 valence electrons. The third kappa shape index (κ3) is 8.02. The summed E-state index contributed by atoms with van der Waals surface area (Å²) in [6.07, 6.45) is 14.8. The van der Waals surface area contributed by atoms with Gasteiger partial charge in [0.1, 0.15) is 0 Å². The summed E-state index contributed by atoms with van der Waals surface area (Å²) < 4.78 is 0. The Kier molecular flexibility index (Phi) is 8.53. The molecule has 1 heteroatoms. The van der Waals surface area contributed by atoms with E-state index in [1.54, 1.807) is 0 Å². The number of unbranched alkanes of at least 4 members (excludes halogenated alkanes) is 2. The zero-order valence-corrected chi connectivity index (χ0v) is 13.1. The highest BCUT2D eigenvalue weighted by molar-refractivity contribution is 5.09. The van der Waals surface area contributed by atoms with Gasteiger partial charge in [-0.15, -0.1) is 0 Å². The van der Waals surface area contributed by atoms with Crippen LogP contribution in [0.15, 0.2) is 24.5 Å². The van der Waals surface area contributed by atoms with Crippen LogP contribution in [0.5, 0.6) is 0 Å². The molecule has 0 N–H and O–H groups in total. The summed E-state index contributed by atoms with van der Waals surface area (Å²) in [4.78, 5) is 4.24. The van der Waals surface area contributed by atoms with Crippen LogP contribution >= 0.6 is 0 Å². The van der Waals surface area contributed by atoms with Crippen molar-refractivity contribution in [2.45, 2.75) is 72.1 Å². The highest BCUT2D eigenvalue weighted by atomic mass is 14.6. The predicted octanol–water partition coefficient (Wildman–Crippen LogP) is 5.65. The lowest BCUT2D eigenvalue weighted by Gasteiger charge is -2.17. The van der Waals surface area contributed by atoms with Crippen molar-refractivity contribution in [3.63, 3.8) is 0 Å². The summed E-state index contributed by atoms with van der Waals surface area (Å²) in [5.74, 6) is 1.70. The second kappa shape index (κ2) is 10.00. The Hall–Kier alpha value is -0.850. The SMILES string of the molecule is CCCCCC(CCCC(C)C)Cc1cccnc1. The molecule has 1 nitrogen and oxygen atoms in total. The van der Waals surface area contributed by atoms with Gasteiger partial charge in [-0.2, -0.15) is 0 Å². The molecule has 0 aliphatic rings. The van der Waals surface area contributed by atoms with Gasteiger partial charge in [0.15, 0.2) is 0 Å². The minimum atomic E-state index is 0.842. The lowest BCUT2D eigenvalue weighted by Crippen LogP contribution is -2.06. The average Bonchev–Trinajstić information content (AvgIpc) is 2.39. The Morgan fingerprint density at radius 2 is 1.84 bits per heavy atom. The van der Waals surface area contributed by atoms with Gasteiger partial charge in [-0.3, -0.25) is 4.98 Å². The molecule has 0 saturated carbocycles. The third-order valence-corrected chi connectivity index (χ3v) is 3.86. The predicted molar refractivity (Wildman–Crippen MR) is 84.3 cm³/mol. The van der Waals surface area contributed by atoms with Gasteiger partial charge in [0.05, 0.1) is 0 Å². The molecule has 0 amide bonds. The Labute approximate surface area is 119 Å². The van der Waals surface area contributed by atoms with Crippen LogP contribution in [0.25, 0.3) is 0 Å². The molecule has 0 saturated heterocycles. The molecule has 19 heavy (non-hydrogen) atoms. The fourth-order valence-corrected chi connectivity index (χ4v) is 2.70. The zero-order chi connectivity index (χ0) is 13.9. The number of aromatic nitrogens is 1. The van der Waals surface area contributed by atoms with Crippen molar-refractivity contribution < 1.29 is 0 Å². The smallest absolute Gasteiger partial charge is 0.0299 e. The normalized spacial score (nSPS) is 12.8. The summed E-state index contributed by atoms with van der Waals surface area (Å²) in [7, 11) is 0. The number of hydrogen-bond acceptors (Lipinski definition) is 1. The van der Waals surface area contributed by atoms with E-state index in [-0.39, 0.29) is 0 Å². The first-order valence-electron chi connectivity index (χ1n) is 8.11. The lowest BCUT2D eigenvalue weighted by molar-refractivity contribution is 0.393. The Bertz CT molecular complexity index is 305. The Morgan fingerprint density at radius 1 is 1.05 bits per heavy atom. The highest BCUT2D eigenvalue weighted by Crippen LogP contribution is 2.22. The second-order valence-corrected chi connectivity index (χ2v) is 6.25. The molecule has 1 aromatic heterocycles. The molecule has 0 aliphatic carbocycles. The summed E-state index contributed by atoms with van der Waals surface area (Å²) in [5, 5.41) is 0. The van der Waals surface area contributed by atoms with E-state index in [1.165, 1.54) is 56.9 Å². The highest BCUT2D eigenvalue weighted by Gasteiger charge is 2.10. The minimum absolute atomic E-state index is 0.842. The summed E-state index contributed by atoms with van der Waals surface area (Å²) in [6.45, 7) is 6.94. The van der Waals surface area contributed by atoms with Crippen molar-refractivity contribution >= 4 is 0 Å². The zero-order valence-electron chi connectivity index (χ0n) is 13.1. The van der Waals surface area contributed by atoms with Crippen LogP contribution in [0.4, 0.5) is 0 Å². The first kappa shape index (κ1) is 16.2. The van der Waals surface area contributed by atoms with Crippen molar-refractivity contribution in [1.29, 1.82) is 0 Å². The molecular weight excluding hydrogens is 230 g/mol. The monoisotopic (exact) mass is 261 g/mol. The first-order valence-corrected chi connectivity index (χ1v) is 8.11. The Balaban J connectivity index is 2.39. The van der Waals surface area contributed by atoms with E-state index in [0.29, 0.717) is 0 Å². The van der Waals surface area contributed by atoms with Gasteiger partial charge in [0.2, 0.25) is 0 Å². The quantitative estimate of drug-likeness (QED) is 0.496. The fraction of sp³-hybridized carbons (Fsp3) is 0.722. The number of nitrogens with zero attached hydrogens (tertiary/aromatic N) is 1. The summed E-state index contributed by atoms with van der Waals surface area (Å²) in [5.41, 5.74) is 1.41. The van der Waals surface area contributed by atoms with Crippen LogP contribution in [0.1, 0.15) is 71.3 Å². The van der Waals surface area contributed by atoms with Crippen molar-refractivity contribution in [2.75, 3.05) is 0 Å². The van der Waals surface area contributed by atoms with Crippen LogP contribution in [0, 0.1) is 11.8 Å². The third-order valence-electron chi connectivity index (χ3n) is 3.86. The molecule has 1 heterocycles. The topological polar surface area (TPSA) is 12.9 Å². The van der Waals surface area contributed by atoms with E-state index in [2.05, 4.69) is 37.9 Å². The van der Waals surface area contributed by atoms with Gasteiger partial charge in [-0.05, 0) is 29.9 Å². The second-order valence-electron chi connectivity index (χ2n) is 6.25. The fourth-order valence-electron chi connectivity index (χ4n) is 2.70. The van der Waals surface area contributed by atoms with E-state index < -0.39 is 0 Å². The van der Waals surface area contributed by atoms with Crippen LogP contribution in [0.2, 0.25) is 0 Å². The number of rotatable bonds is 10. The molecule has 0 spiro atoms. The molecule has 0 radical (unpaired) electrons. The van der Waals surface area contributed by atoms with E-state index in [1.807, 2.05) is 12.4 Å². The standard InChI is InChI=1S/C18H31N/c1-4-5-6-10-17(11-7-9-16(2)3)14-18-12-8-13-19-15-18/h8,12-13,15-17H,4-7,9-11,14H2,1-3H3. The molecule has 0 aromatic carbocycles. The van der Waals surface area contributed by atoms with Crippen LogP contribution < -0.4 is 0 Å². The molecule has 1 rings (SSSR count). The van der Waals surface area contributed by atoms with Gasteiger partial charge in [0.25, 0.3) is 0 Å². The van der Waals surface area contributed by atoms with E-state index in [9.17, 15) is 0 Å². The summed E-state index contributed by atoms with van der Waals surface area (Å²) in [6, 6.07) is 4.29. The molecule has 0 aliphatic heterocycles. The van der Waals surface area contributed by atoms with Crippen LogP contribution in [0.3, 0.4) is 0 Å². The van der Waals surface area contributed by atoms with Crippen LogP contribution in [-0.2, 0) is 6.42 Å². The molecule has 0 bridgehead atoms. The van der Waals surface area contributed by atoms with Crippen molar-refractivity contribution in [3.05, 3.63) is 30.1 Å². The van der Waals surface area contributed by atoms with Gasteiger partial charge in [0, 0.05) is 12.4 Å². The molecule has 1 unspecified atom stereocenters. The van der Waals surface area contributed by atoms with Gasteiger partial charge >= 0.3 is 0 Å². The maximum absolute atomic E-state index is 4.24. The minimum Gasteiger partial charge on any atom is -0.264 e. The van der Waals surface area contributed by atoms with E-state index in [0.717, 1.165) is 11.8 Å². The van der Waals surface area contributed by atoms with Gasteiger partial charge < -0.3 is 0 Å². The maximum atomic E-state index is 4.24. The van der Waals surface area contributed by atoms with Crippen molar-refractivity contribution in [3.8, 4) is 0 Å². The lowest BCUT2D eigenvalue weighted by atomic mass is 9.89. The van der Waals surface area contributed by atoms with E-state index >= 15 is 0 Å². The molecule has 0 fully saturated rings. The summed E-state index contributed by atoms with van der Waals surface area (Å²) >= 11 is 0. The molecular formula is C18H31N. The van der Waals surface area contributed by atoms with Gasteiger partial charge in [-0.25, -0.2) is 0 Å². The maximum Gasteiger partial charge on any atom is 0.0299 e. The van der Waals surface area contributed by atoms with Crippen molar-refractivity contribution in [1.82, 2.24) is 4.98 Å². The first-order chi connectivity index (χ1) is 9.22. The molecule has 1 aromatic rings. The van der Waals surface area contributed by atoms with Crippen LogP contribution in [-0.4, -0.2) is 4.98 Å². The van der Waals surface area contributed by atoms with E-state index in [4.69, 9.17) is 0 Å². The largest absolute Gasteiger partial charge is 0.264 e. The Morgan fingerprint density at radius 3 is 2.47 bits per heavy atom. The number of pyridine rings is 1. The number of hydrogen-bond donors (Lipinski definition) is 0. The van der Waals surface area contributed by atoms with Gasteiger partial charge in [-0.1, -0.05) is 71.8 Å². The molecule has 1 atom stereocenters. The average molecular weight is 261 g/mol. The van der Waals surface area contributed by atoms with Crippen molar-refractivity contribution in [2.24, 2.45) is 11.8 Å².